The molecule has 2 aromatic carbocycles. The highest BCUT2D eigenvalue weighted by atomic mass is 32.2. The Labute approximate surface area is 199 Å². The topological polar surface area (TPSA) is 126 Å². The van der Waals surface area contributed by atoms with E-state index >= 15 is 0 Å². The molecule has 0 aliphatic carbocycles. The second kappa shape index (κ2) is 9.92. The van der Waals surface area contributed by atoms with Crippen molar-refractivity contribution in [2.45, 2.75) is 32.3 Å². The summed E-state index contributed by atoms with van der Waals surface area (Å²) in [5, 5.41) is 12.1. The number of hydrogen-bond donors (Lipinski definition) is 3. The number of carbonyl (C=O) groups excluding carboxylic acids is 1. The van der Waals surface area contributed by atoms with Crippen LogP contribution in [0.1, 0.15) is 28.2 Å². The van der Waals surface area contributed by atoms with E-state index in [0.29, 0.717) is 16.7 Å². The molecule has 9 nitrogen and oxygen atoms in total. The third-order valence-corrected chi connectivity index (χ3v) is 6.08. The van der Waals surface area contributed by atoms with Gasteiger partial charge in [0.2, 0.25) is 5.91 Å². The van der Waals surface area contributed by atoms with Gasteiger partial charge in [-0.15, -0.1) is 10.2 Å². The SMILES string of the molecule is Cc1cc(C)c(NC(=O)CSc2nnc(Cc3cc(=O)[nH]c(=O)[nH]3)n2-c2ccccc2)c(C)c1. The van der Waals surface area contributed by atoms with Crippen molar-refractivity contribution in [3.8, 4) is 5.69 Å². The summed E-state index contributed by atoms with van der Waals surface area (Å²) < 4.78 is 1.82. The molecule has 4 rings (SSSR count). The van der Waals surface area contributed by atoms with E-state index in [1.165, 1.54) is 17.8 Å². The summed E-state index contributed by atoms with van der Waals surface area (Å²) >= 11 is 1.26. The van der Waals surface area contributed by atoms with Crippen molar-refractivity contribution in [2.75, 3.05) is 11.1 Å². The number of carbonyl (C=O) groups is 1. The number of hydrogen-bond acceptors (Lipinski definition) is 6. The Hall–Kier alpha value is -3.92. The first kappa shape index (κ1) is 23.2. The molecule has 0 atom stereocenters. The average Bonchev–Trinajstić information content (AvgIpc) is 3.17. The molecule has 4 aromatic rings. The number of anilines is 1. The fourth-order valence-electron chi connectivity index (χ4n) is 3.81. The number of aryl methyl sites for hydroxylation is 3. The van der Waals surface area contributed by atoms with Gasteiger partial charge in [0.25, 0.3) is 5.56 Å². The highest BCUT2D eigenvalue weighted by Crippen LogP contribution is 2.25. The van der Waals surface area contributed by atoms with Gasteiger partial charge in [-0.2, -0.15) is 0 Å². The number of benzene rings is 2. The van der Waals surface area contributed by atoms with Crippen molar-refractivity contribution in [2.24, 2.45) is 0 Å². The number of aromatic amines is 2. The minimum Gasteiger partial charge on any atom is -0.325 e. The lowest BCUT2D eigenvalue weighted by molar-refractivity contribution is -0.113. The van der Waals surface area contributed by atoms with Crippen molar-refractivity contribution < 1.29 is 4.79 Å². The van der Waals surface area contributed by atoms with E-state index in [2.05, 4.69) is 25.5 Å². The minimum atomic E-state index is -0.582. The van der Waals surface area contributed by atoms with Crippen LogP contribution in [0, 0.1) is 20.8 Å². The van der Waals surface area contributed by atoms with Crippen LogP contribution in [0.25, 0.3) is 5.69 Å². The van der Waals surface area contributed by atoms with Gasteiger partial charge in [0.1, 0.15) is 5.82 Å². The van der Waals surface area contributed by atoms with E-state index in [1.807, 2.05) is 67.8 Å². The van der Waals surface area contributed by atoms with Crippen molar-refractivity contribution in [1.29, 1.82) is 0 Å². The molecule has 34 heavy (non-hydrogen) atoms. The lowest BCUT2D eigenvalue weighted by Crippen LogP contribution is -2.23. The van der Waals surface area contributed by atoms with E-state index in [4.69, 9.17) is 0 Å². The number of nitrogens with zero attached hydrogens (tertiary/aromatic N) is 3. The summed E-state index contributed by atoms with van der Waals surface area (Å²) in [7, 11) is 0. The molecule has 3 N–H and O–H groups in total. The highest BCUT2D eigenvalue weighted by Gasteiger charge is 2.17. The molecule has 1 amide bonds. The van der Waals surface area contributed by atoms with Gasteiger partial charge in [-0.25, -0.2) is 4.79 Å². The molecule has 0 unspecified atom stereocenters. The number of para-hydroxylation sites is 1. The number of thioether (sulfide) groups is 1. The Morgan fingerprint density at radius 2 is 1.71 bits per heavy atom. The van der Waals surface area contributed by atoms with E-state index in [9.17, 15) is 14.4 Å². The smallest absolute Gasteiger partial charge is 0.325 e. The lowest BCUT2D eigenvalue weighted by atomic mass is 10.1. The fraction of sp³-hybridized carbons (Fsp3) is 0.208. The second-order valence-corrected chi connectivity index (χ2v) is 8.91. The van der Waals surface area contributed by atoms with Crippen molar-refractivity contribution >= 4 is 23.4 Å². The Morgan fingerprint density at radius 3 is 2.38 bits per heavy atom. The third-order valence-electron chi connectivity index (χ3n) is 5.15. The largest absolute Gasteiger partial charge is 0.325 e. The first-order valence-electron chi connectivity index (χ1n) is 10.6. The minimum absolute atomic E-state index is 0.138. The Kier molecular flexibility index (Phi) is 6.78. The van der Waals surface area contributed by atoms with Crippen LogP contribution in [0.15, 0.2) is 63.3 Å². The van der Waals surface area contributed by atoms with Crippen LogP contribution in [-0.4, -0.2) is 36.4 Å². The molecular weight excluding hydrogens is 452 g/mol. The van der Waals surface area contributed by atoms with Crippen LogP contribution in [-0.2, 0) is 11.2 Å². The molecular formula is C24H24N6O3S. The zero-order valence-corrected chi connectivity index (χ0v) is 19.8. The van der Waals surface area contributed by atoms with Crippen molar-refractivity contribution in [3.05, 3.63) is 97.6 Å². The molecule has 0 radical (unpaired) electrons. The Morgan fingerprint density at radius 1 is 1.00 bits per heavy atom. The third kappa shape index (κ3) is 5.34. The van der Waals surface area contributed by atoms with Gasteiger partial charge in [0.15, 0.2) is 5.16 Å². The van der Waals surface area contributed by atoms with E-state index in [-0.39, 0.29) is 18.1 Å². The quantitative estimate of drug-likeness (QED) is 0.352. The zero-order chi connectivity index (χ0) is 24.2. The lowest BCUT2D eigenvalue weighted by Gasteiger charge is -2.13. The summed E-state index contributed by atoms with van der Waals surface area (Å²) in [5.41, 5.74) is 4.14. The summed E-state index contributed by atoms with van der Waals surface area (Å²) in [5.74, 6) is 0.517. The summed E-state index contributed by atoms with van der Waals surface area (Å²) in [6, 6.07) is 14.9. The molecule has 174 valence electrons. The highest BCUT2D eigenvalue weighted by molar-refractivity contribution is 7.99. The standard InChI is InChI=1S/C24H24N6O3S/c1-14-9-15(2)22(16(3)10-14)26-21(32)13-34-24-29-28-19(30(24)18-7-5-4-6-8-18)11-17-12-20(31)27-23(33)25-17/h4-10,12H,11,13H2,1-3H3,(H,26,32)(H2,25,27,31,33). The molecule has 10 heteroatoms. The number of nitrogens with one attached hydrogen (secondary N) is 3. The first-order chi connectivity index (χ1) is 16.3. The second-order valence-electron chi connectivity index (χ2n) is 7.97. The number of aromatic nitrogens is 5. The summed E-state index contributed by atoms with van der Waals surface area (Å²) in [6.45, 7) is 5.97. The van der Waals surface area contributed by atoms with Crippen LogP contribution in [0.4, 0.5) is 5.69 Å². The number of amides is 1. The van der Waals surface area contributed by atoms with Crippen LogP contribution in [0.2, 0.25) is 0 Å². The molecule has 0 saturated carbocycles. The van der Waals surface area contributed by atoms with E-state index in [1.54, 1.807) is 0 Å². The van der Waals surface area contributed by atoms with Gasteiger partial charge in [-0.1, -0.05) is 47.7 Å². The van der Waals surface area contributed by atoms with Crippen LogP contribution < -0.4 is 16.6 Å². The molecule has 0 spiro atoms. The molecule has 0 aliphatic rings. The predicted octanol–water partition coefficient (Wildman–Crippen LogP) is 2.89. The first-order valence-corrected chi connectivity index (χ1v) is 11.6. The fourth-order valence-corrected chi connectivity index (χ4v) is 4.58. The number of rotatable bonds is 7. The van der Waals surface area contributed by atoms with E-state index in [0.717, 1.165) is 28.1 Å². The molecule has 2 heterocycles. The van der Waals surface area contributed by atoms with Gasteiger partial charge in [-0.3, -0.25) is 19.1 Å². The molecule has 0 fully saturated rings. The molecule has 0 aliphatic heterocycles. The maximum Gasteiger partial charge on any atom is 0.325 e. The van der Waals surface area contributed by atoms with E-state index < -0.39 is 11.2 Å². The monoisotopic (exact) mass is 476 g/mol. The predicted molar refractivity (Wildman–Crippen MR) is 132 cm³/mol. The molecule has 0 bridgehead atoms. The van der Waals surface area contributed by atoms with Gasteiger partial charge >= 0.3 is 5.69 Å². The number of H-pyrrole nitrogens is 2. The Bertz CT molecular complexity index is 1400. The van der Waals surface area contributed by atoms with Crippen LogP contribution in [0.5, 0.6) is 0 Å². The maximum absolute atomic E-state index is 12.7. The average molecular weight is 477 g/mol. The molecule has 0 saturated heterocycles. The summed E-state index contributed by atoms with van der Waals surface area (Å²) in [4.78, 5) is 40.8. The van der Waals surface area contributed by atoms with Crippen molar-refractivity contribution in [3.63, 3.8) is 0 Å². The van der Waals surface area contributed by atoms with Crippen LogP contribution >= 0.6 is 11.8 Å². The van der Waals surface area contributed by atoms with Gasteiger partial charge in [0, 0.05) is 29.6 Å². The van der Waals surface area contributed by atoms with Crippen LogP contribution in [0.3, 0.4) is 0 Å². The summed E-state index contributed by atoms with van der Waals surface area (Å²) in [6.07, 6.45) is 0.190. The van der Waals surface area contributed by atoms with Gasteiger partial charge in [-0.05, 0) is 44.0 Å². The normalized spacial score (nSPS) is 10.9. The molecule has 2 aromatic heterocycles. The van der Waals surface area contributed by atoms with Crippen molar-refractivity contribution in [1.82, 2.24) is 24.7 Å². The van der Waals surface area contributed by atoms with Gasteiger partial charge < -0.3 is 10.3 Å². The van der Waals surface area contributed by atoms with Gasteiger partial charge in [0.05, 0.1) is 5.75 Å². The maximum atomic E-state index is 12.7. The zero-order valence-electron chi connectivity index (χ0n) is 19.0. The Balaban J connectivity index is 1.58.